The first-order chi connectivity index (χ1) is 8.66. The van der Waals surface area contributed by atoms with Crippen LogP contribution in [-0.4, -0.2) is 47.6 Å². The molecule has 0 spiro atoms. The number of benzene rings is 1. The standard InChI is InChI=1S/C14H18N2O2/c1-15-9-10-16(8-7-14(17)18)13(11-15)12-5-3-2-4-6-12/h2-8,13H,9-11H2,1H3,(H,17,18). The van der Waals surface area contributed by atoms with E-state index in [0.29, 0.717) is 0 Å². The van der Waals surface area contributed by atoms with Gasteiger partial charge in [-0.3, -0.25) is 0 Å². The fraction of sp³-hybridized carbons (Fsp3) is 0.357. The van der Waals surface area contributed by atoms with Gasteiger partial charge in [0.05, 0.1) is 6.04 Å². The second kappa shape index (κ2) is 5.69. The maximum absolute atomic E-state index is 10.6. The van der Waals surface area contributed by atoms with Crippen LogP contribution in [0.1, 0.15) is 11.6 Å². The van der Waals surface area contributed by atoms with Gasteiger partial charge >= 0.3 is 5.97 Å². The first-order valence-corrected chi connectivity index (χ1v) is 6.07. The molecular formula is C14H18N2O2. The molecule has 0 aliphatic carbocycles. The lowest BCUT2D eigenvalue weighted by atomic mass is 10.0. The fourth-order valence-corrected chi connectivity index (χ4v) is 2.24. The summed E-state index contributed by atoms with van der Waals surface area (Å²) in [5, 5.41) is 8.73. The van der Waals surface area contributed by atoms with Crippen molar-refractivity contribution in [3.8, 4) is 0 Å². The van der Waals surface area contributed by atoms with Crippen LogP contribution < -0.4 is 0 Å². The summed E-state index contributed by atoms with van der Waals surface area (Å²) in [7, 11) is 2.09. The molecule has 96 valence electrons. The van der Waals surface area contributed by atoms with Crippen LogP contribution in [0.4, 0.5) is 0 Å². The predicted octanol–water partition coefficient (Wildman–Crippen LogP) is 1.57. The number of nitrogens with zero attached hydrogens (tertiary/aromatic N) is 2. The molecule has 4 heteroatoms. The largest absolute Gasteiger partial charge is 0.478 e. The molecule has 1 fully saturated rings. The van der Waals surface area contributed by atoms with Crippen molar-refractivity contribution in [1.82, 2.24) is 9.80 Å². The lowest BCUT2D eigenvalue weighted by molar-refractivity contribution is -0.131. The molecule has 0 bridgehead atoms. The number of aliphatic carboxylic acids is 1. The number of hydrogen-bond acceptors (Lipinski definition) is 3. The van der Waals surface area contributed by atoms with Crippen molar-refractivity contribution >= 4 is 5.97 Å². The summed E-state index contributed by atoms with van der Waals surface area (Å²) in [5.74, 6) is -0.902. The van der Waals surface area contributed by atoms with E-state index in [1.807, 2.05) is 18.2 Å². The van der Waals surface area contributed by atoms with Crippen molar-refractivity contribution in [2.24, 2.45) is 0 Å². The molecule has 0 saturated carbocycles. The van der Waals surface area contributed by atoms with Crippen molar-refractivity contribution in [3.05, 3.63) is 48.2 Å². The molecule has 1 aromatic carbocycles. The third-order valence-corrected chi connectivity index (χ3v) is 3.22. The van der Waals surface area contributed by atoms with Gasteiger partial charge in [0, 0.05) is 31.9 Å². The zero-order chi connectivity index (χ0) is 13.0. The molecule has 1 N–H and O–H groups in total. The minimum absolute atomic E-state index is 0.223. The number of piperazine rings is 1. The van der Waals surface area contributed by atoms with Crippen molar-refractivity contribution in [2.45, 2.75) is 6.04 Å². The van der Waals surface area contributed by atoms with Crippen molar-refractivity contribution < 1.29 is 9.90 Å². The number of hydrogen-bond donors (Lipinski definition) is 1. The summed E-state index contributed by atoms with van der Waals surface area (Å²) < 4.78 is 0. The van der Waals surface area contributed by atoms with Gasteiger partial charge in [-0.05, 0) is 12.6 Å². The Morgan fingerprint density at radius 3 is 2.72 bits per heavy atom. The Balaban J connectivity index is 2.19. The van der Waals surface area contributed by atoms with Gasteiger partial charge in [-0.15, -0.1) is 0 Å². The van der Waals surface area contributed by atoms with E-state index in [0.717, 1.165) is 19.6 Å². The average Bonchev–Trinajstić information content (AvgIpc) is 2.38. The minimum Gasteiger partial charge on any atom is -0.478 e. The summed E-state index contributed by atoms with van der Waals surface area (Å²) in [6.07, 6.45) is 2.90. The molecule has 2 rings (SSSR count). The zero-order valence-corrected chi connectivity index (χ0v) is 10.5. The van der Waals surface area contributed by atoms with Crippen LogP contribution in [0.25, 0.3) is 0 Å². The van der Waals surface area contributed by atoms with Crippen LogP contribution in [0.2, 0.25) is 0 Å². The highest BCUT2D eigenvalue weighted by atomic mass is 16.4. The Morgan fingerprint density at radius 1 is 1.33 bits per heavy atom. The van der Waals surface area contributed by atoms with Crippen LogP contribution in [0.3, 0.4) is 0 Å². The highest BCUT2D eigenvalue weighted by Crippen LogP contribution is 2.24. The Kier molecular flexibility index (Phi) is 3.99. The third-order valence-electron chi connectivity index (χ3n) is 3.22. The van der Waals surface area contributed by atoms with Gasteiger partial charge in [0.2, 0.25) is 0 Å². The SMILES string of the molecule is CN1CCN(C=CC(=O)O)C(c2ccccc2)C1. The molecule has 0 radical (unpaired) electrons. The van der Waals surface area contributed by atoms with Crippen LogP contribution in [-0.2, 0) is 4.79 Å². The third kappa shape index (κ3) is 3.11. The summed E-state index contributed by atoms with van der Waals surface area (Å²) in [6, 6.07) is 10.4. The lowest BCUT2D eigenvalue weighted by Gasteiger charge is -2.39. The molecule has 1 aliphatic heterocycles. The normalized spacial score (nSPS) is 21.4. The van der Waals surface area contributed by atoms with Gasteiger partial charge in [0.25, 0.3) is 0 Å². The van der Waals surface area contributed by atoms with Gasteiger partial charge in [-0.25, -0.2) is 4.79 Å². The predicted molar refractivity (Wildman–Crippen MR) is 70.2 cm³/mol. The molecule has 1 atom stereocenters. The zero-order valence-electron chi connectivity index (χ0n) is 10.5. The van der Waals surface area contributed by atoms with E-state index in [2.05, 4.69) is 29.0 Å². The Bertz CT molecular complexity index is 431. The van der Waals surface area contributed by atoms with Crippen molar-refractivity contribution in [3.63, 3.8) is 0 Å². The van der Waals surface area contributed by atoms with Gasteiger partial charge in [0.1, 0.15) is 0 Å². The summed E-state index contributed by atoms with van der Waals surface area (Å²) in [4.78, 5) is 15.0. The number of rotatable bonds is 3. The monoisotopic (exact) mass is 246 g/mol. The van der Waals surface area contributed by atoms with Crippen molar-refractivity contribution in [2.75, 3.05) is 26.7 Å². The molecule has 1 aliphatic rings. The van der Waals surface area contributed by atoms with Crippen LogP contribution in [0.15, 0.2) is 42.6 Å². The van der Waals surface area contributed by atoms with Crippen LogP contribution in [0, 0.1) is 0 Å². The smallest absolute Gasteiger partial charge is 0.329 e. The van der Waals surface area contributed by atoms with E-state index in [4.69, 9.17) is 5.11 Å². The Hall–Kier alpha value is -1.81. The average molecular weight is 246 g/mol. The van der Waals surface area contributed by atoms with E-state index in [1.54, 1.807) is 6.20 Å². The van der Waals surface area contributed by atoms with Gasteiger partial charge in [-0.2, -0.15) is 0 Å². The van der Waals surface area contributed by atoms with Crippen LogP contribution >= 0.6 is 0 Å². The molecule has 4 nitrogen and oxygen atoms in total. The highest BCUT2D eigenvalue weighted by Gasteiger charge is 2.24. The van der Waals surface area contributed by atoms with E-state index in [1.165, 1.54) is 11.6 Å². The van der Waals surface area contributed by atoms with E-state index in [9.17, 15) is 4.79 Å². The van der Waals surface area contributed by atoms with Crippen LogP contribution in [0.5, 0.6) is 0 Å². The maximum atomic E-state index is 10.6. The number of likely N-dealkylation sites (N-methyl/N-ethyl adjacent to an activating group) is 1. The second-order valence-corrected chi connectivity index (χ2v) is 4.58. The van der Waals surface area contributed by atoms with E-state index in [-0.39, 0.29) is 6.04 Å². The number of carboxylic acids is 1. The molecule has 1 unspecified atom stereocenters. The molecule has 1 heterocycles. The summed E-state index contributed by atoms with van der Waals surface area (Å²) >= 11 is 0. The molecule has 0 aromatic heterocycles. The maximum Gasteiger partial charge on any atom is 0.329 e. The molecule has 1 aromatic rings. The lowest BCUT2D eigenvalue weighted by Crippen LogP contribution is -2.44. The topological polar surface area (TPSA) is 43.8 Å². The summed E-state index contributed by atoms with van der Waals surface area (Å²) in [6.45, 7) is 2.71. The molecule has 18 heavy (non-hydrogen) atoms. The first kappa shape index (κ1) is 12.6. The summed E-state index contributed by atoms with van der Waals surface area (Å²) in [5.41, 5.74) is 1.22. The Morgan fingerprint density at radius 2 is 2.06 bits per heavy atom. The van der Waals surface area contributed by atoms with Crippen molar-refractivity contribution in [1.29, 1.82) is 0 Å². The molecule has 0 amide bonds. The molecule has 1 saturated heterocycles. The fourth-order valence-electron chi connectivity index (χ4n) is 2.24. The number of carbonyl (C=O) groups is 1. The molecular weight excluding hydrogens is 228 g/mol. The quantitative estimate of drug-likeness (QED) is 0.822. The van der Waals surface area contributed by atoms with Gasteiger partial charge in [0.15, 0.2) is 0 Å². The van der Waals surface area contributed by atoms with E-state index < -0.39 is 5.97 Å². The minimum atomic E-state index is -0.902. The number of carboxylic acid groups (broad SMARTS) is 1. The van der Waals surface area contributed by atoms with Gasteiger partial charge < -0.3 is 14.9 Å². The Labute approximate surface area is 107 Å². The first-order valence-electron chi connectivity index (χ1n) is 6.07. The second-order valence-electron chi connectivity index (χ2n) is 4.58. The highest BCUT2D eigenvalue weighted by molar-refractivity contribution is 5.79. The van der Waals surface area contributed by atoms with Gasteiger partial charge in [-0.1, -0.05) is 30.3 Å². The van der Waals surface area contributed by atoms with E-state index >= 15 is 0 Å².